The highest BCUT2D eigenvalue weighted by Crippen LogP contribution is 1.97. The van der Waals surface area contributed by atoms with Crippen molar-refractivity contribution in [1.29, 1.82) is 0 Å². The molecule has 4 nitrogen and oxygen atoms in total. The maximum absolute atomic E-state index is 10.7. The molecule has 3 N–H and O–H groups in total. The Bertz CT molecular complexity index is 116. The Balaban J connectivity index is 3.40. The fraction of sp³-hybridized carbons (Fsp3) is 0.857. The van der Waals surface area contributed by atoms with Crippen LogP contribution in [-0.4, -0.2) is 30.3 Å². The zero-order chi connectivity index (χ0) is 8.69. The Morgan fingerprint density at radius 2 is 2.36 bits per heavy atom. The summed E-state index contributed by atoms with van der Waals surface area (Å²) >= 11 is 0. The number of ether oxygens (including phenoxy) is 1. The first-order valence-corrected chi connectivity index (χ1v) is 3.74. The lowest BCUT2D eigenvalue weighted by Crippen LogP contribution is -2.19. The summed E-state index contributed by atoms with van der Waals surface area (Å²) in [5.74, 6) is -0.367. The molecular formula is C7H15NO3. The number of rotatable bonds is 5. The van der Waals surface area contributed by atoms with Gasteiger partial charge in [-0.05, 0) is 19.9 Å². The molecule has 0 aromatic heterocycles. The van der Waals surface area contributed by atoms with Gasteiger partial charge in [-0.3, -0.25) is 4.79 Å². The summed E-state index contributed by atoms with van der Waals surface area (Å²) in [4.78, 5) is 10.7. The summed E-state index contributed by atoms with van der Waals surface area (Å²) in [6, 6.07) is 0. The van der Waals surface area contributed by atoms with E-state index in [0.29, 0.717) is 19.6 Å². The van der Waals surface area contributed by atoms with E-state index in [2.05, 4.69) is 4.74 Å². The van der Waals surface area contributed by atoms with Crippen molar-refractivity contribution < 1.29 is 14.6 Å². The number of hydrogen-bond acceptors (Lipinski definition) is 4. The van der Waals surface area contributed by atoms with Gasteiger partial charge in [-0.15, -0.1) is 0 Å². The van der Waals surface area contributed by atoms with Gasteiger partial charge in [-0.2, -0.15) is 0 Å². The molecule has 0 radical (unpaired) electrons. The molecule has 66 valence electrons. The molecule has 11 heavy (non-hydrogen) atoms. The van der Waals surface area contributed by atoms with Crippen molar-refractivity contribution in [1.82, 2.24) is 0 Å². The van der Waals surface area contributed by atoms with Crippen molar-refractivity contribution in [3.05, 3.63) is 0 Å². The van der Waals surface area contributed by atoms with Gasteiger partial charge in [0, 0.05) is 0 Å². The molecule has 0 saturated heterocycles. The van der Waals surface area contributed by atoms with Gasteiger partial charge in [0.25, 0.3) is 0 Å². The second-order valence-corrected chi connectivity index (χ2v) is 2.24. The van der Waals surface area contributed by atoms with E-state index in [1.165, 1.54) is 0 Å². The Kier molecular flexibility index (Phi) is 5.78. The summed E-state index contributed by atoms with van der Waals surface area (Å²) in [5.41, 5.74) is 5.17. The summed E-state index contributed by atoms with van der Waals surface area (Å²) in [6.45, 7) is 2.47. The first kappa shape index (κ1) is 10.4. The number of nitrogens with two attached hydrogens (primary N) is 1. The largest absolute Gasteiger partial charge is 0.466 e. The number of carbonyl (C=O) groups excluding carboxylic acids is 1. The molecular weight excluding hydrogens is 146 g/mol. The van der Waals surface area contributed by atoms with E-state index < -0.39 is 6.10 Å². The van der Waals surface area contributed by atoms with E-state index in [1.54, 1.807) is 6.92 Å². The van der Waals surface area contributed by atoms with Crippen LogP contribution in [0.1, 0.15) is 19.8 Å². The second kappa shape index (κ2) is 6.12. The van der Waals surface area contributed by atoms with Crippen LogP contribution in [0, 0.1) is 0 Å². The van der Waals surface area contributed by atoms with Crippen LogP contribution in [-0.2, 0) is 9.53 Å². The van der Waals surface area contributed by atoms with E-state index in [4.69, 9.17) is 10.8 Å². The van der Waals surface area contributed by atoms with Crippen molar-refractivity contribution in [2.45, 2.75) is 25.9 Å². The lowest BCUT2D eigenvalue weighted by Gasteiger charge is -2.07. The monoisotopic (exact) mass is 161 g/mol. The van der Waals surface area contributed by atoms with Crippen LogP contribution in [0.5, 0.6) is 0 Å². The predicted octanol–water partition coefficient (Wildman–Crippen LogP) is -0.351. The number of carbonyl (C=O) groups is 1. The highest BCUT2D eigenvalue weighted by atomic mass is 16.5. The minimum Gasteiger partial charge on any atom is -0.466 e. The van der Waals surface area contributed by atoms with Crippen molar-refractivity contribution in [3.63, 3.8) is 0 Å². The first-order chi connectivity index (χ1) is 5.20. The number of aliphatic hydroxyl groups excluding tert-OH is 1. The highest BCUT2D eigenvalue weighted by Gasteiger charge is 2.09. The number of aliphatic hydroxyl groups is 1. The molecule has 0 aliphatic rings. The van der Waals surface area contributed by atoms with Gasteiger partial charge >= 0.3 is 5.97 Å². The molecule has 4 heteroatoms. The minimum atomic E-state index is -0.654. The van der Waals surface area contributed by atoms with E-state index in [1.807, 2.05) is 0 Å². The summed E-state index contributed by atoms with van der Waals surface area (Å²) in [7, 11) is 0. The molecule has 0 aromatic rings. The predicted molar refractivity (Wildman–Crippen MR) is 40.9 cm³/mol. The zero-order valence-corrected chi connectivity index (χ0v) is 6.75. The average molecular weight is 161 g/mol. The maximum Gasteiger partial charge on any atom is 0.308 e. The van der Waals surface area contributed by atoms with Crippen LogP contribution < -0.4 is 5.73 Å². The SMILES string of the molecule is CCOC(=O)C[C@H](O)CCN. The molecule has 0 rings (SSSR count). The summed E-state index contributed by atoms with van der Waals surface area (Å²) in [5, 5.41) is 9.07. The number of esters is 1. The number of hydrogen-bond donors (Lipinski definition) is 2. The maximum atomic E-state index is 10.7. The fourth-order valence-electron chi connectivity index (χ4n) is 0.707. The smallest absolute Gasteiger partial charge is 0.308 e. The van der Waals surface area contributed by atoms with Gasteiger partial charge in [0.05, 0.1) is 19.1 Å². The topological polar surface area (TPSA) is 72.5 Å². The van der Waals surface area contributed by atoms with E-state index in [-0.39, 0.29) is 12.4 Å². The Morgan fingerprint density at radius 3 is 2.82 bits per heavy atom. The van der Waals surface area contributed by atoms with Crippen molar-refractivity contribution >= 4 is 5.97 Å². The van der Waals surface area contributed by atoms with Crippen LogP contribution in [0.4, 0.5) is 0 Å². The van der Waals surface area contributed by atoms with Gasteiger partial charge < -0.3 is 15.6 Å². The third-order valence-corrected chi connectivity index (χ3v) is 1.21. The van der Waals surface area contributed by atoms with E-state index >= 15 is 0 Å². The zero-order valence-electron chi connectivity index (χ0n) is 6.75. The molecule has 1 atom stereocenters. The van der Waals surface area contributed by atoms with Crippen molar-refractivity contribution in [2.24, 2.45) is 5.73 Å². The molecule has 0 bridgehead atoms. The Hall–Kier alpha value is -0.610. The van der Waals surface area contributed by atoms with Gasteiger partial charge in [-0.1, -0.05) is 0 Å². The van der Waals surface area contributed by atoms with Crippen molar-refractivity contribution in [2.75, 3.05) is 13.2 Å². The standard InChI is InChI=1S/C7H15NO3/c1-2-11-7(10)5-6(9)3-4-8/h6,9H,2-5,8H2,1H3/t6-/m1/s1. The highest BCUT2D eigenvalue weighted by molar-refractivity contribution is 5.69. The molecule has 0 aromatic carbocycles. The third-order valence-electron chi connectivity index (χ3n) is 1.21. The molecule has 0 aliphatic heterocycles. The third kappa shape index (κ3) is 5.82. The average Bonchev–Trinajstić information content (AvgIpc) is 1.87. The normalized spacial score (nSPS) is 12.6. The van der Waals surface area contributed by atoms with Gasteiger partial charge in [0.15, 0.2) is 0 Å². The van der Waals surface area contributed by atoms with E-state index in [9.17, 15) is 4.79 Å². The first-order valence-electron chi connectivity index (χ1n) is 3.74. The van der Waals surface area contributed by atoms with Gasteiger partial charge in [0.1, 0.15) is 0 Å². The minimum absolute atomic E-state index is 0.0467. The Labute approximate surface area is 66.3 Å². The molecule has 0 fully saturated rings. The van der Waals surface area contributed by atoms with Crippen LogP contribution in [0.25, 0.3) is 0 Å². The van der Waals surface area contributed by atoms with Crippen LogP contribution >= 0.6 is 0 Å². The Morgan fingerprint density at radius 1 is 1.73 bits per heavy atom. The van der Waals surface area contributed by atoms with Crippen LogP contribution in [0.2, 0.25) is 0 Å². The molecule has 0 spiro atoms. The van der Waals surface area contributed by atoms with Crippen molar-refractivity contribution in [3.8, 4) is 0 Å². The lowest BCUT2D eigenvalue weighted by molar-refractivity contribution is -0.145. The fourth-order valence-corrected chi connectivity index (χ4v) is 0.707. The molecule has 0 aliphatic carbocycles. The second-order valence-electron chi connectivity index (χ2n) is 2.24. The summed E-state index contributed by atoms with van der Waals surface area (Å²) in [6.07, 6.45) is -0.164. The van der Waals surface area contributed by atoms with Gasteiger partial charge in [-0.25, -0.2) is 0 Å². The van der Waals surface area contributed by atoms with E-state index in [0.717, 1.165) is 0 Å². The van der Waals surface area contributed by atoms with Gasteiger partial charge in [0.2, 0.25) is 0 Å². The molecule has 0 amide bonds. The van der Waals surface area contributed by atoms with Crippen LogP contribution in [0.15, 0.2) is 0 Å². The quantitative estimate of drug-likeness (QED) is 0.540. The summed E-state index contributed by atoms with van der Waals surface area (Å²) < 4.78 is 4.62. The molecule has 0 heterocycles. The van der Waals surface area contributed by atoms with Crippen LogP contribution in [0.3, 0.4) is 0 Å². The molecule has 0 saturated carbocycles. The molecule has 0 unspecified atom stereocenters. The lowest BCUT2D eigenvalue weighted by atomic mass is 10.2.